The Morgan fingerprint density at radius 2 is 1.57 bits per heavy atom. The normalized spacial score (nSPS) is 14.6. The van der Waals surface area contributed by atoms with E-state index in [-0.39, 0.29) is 35.8 Å². The molecule has 150 valence electrons. The number of hydrogen-bond acceptors (Lipinski definition) is 5. The zero-order chi connectivity index (χ0) is 21.3. The fourth-order valence-electron chi connectivity index (χ4n) is 3.63. The molecule has 0 heterocycles. The predicted octanol–water partition coefficient (Wildman–Crippen LogP) is 4.76. The molecule has 0 fully saturated rings. The number of fused-ring (bicyclic) bond motifs is 2. The van der Waals surface area contributed by atoms with Gasteiger partial charge in [0, 0.05) is 16.7 Å². The van der Waals surface area contributed by atoms with Crippen molar-refractivity contribution in [2.24, 2.45) is 5.92 Å². The third kappa shape index (κ3) is 3.62. The van der Waals surface area contributed by atoms with E-state index in [0.29, 0.717) is 11.1 Å². The summed E-state index contributed by atoms with van der Waals surface area (Å²) in [4.78, 5) is 37.2. The maximum Gasteiger partial charge on any atom is 0.338 e. The quantitative estimate of drug-likeness (QED) is 0.493. The molecule has 0 saturated heterocycles. The van der Waals surface area contributed by atoms with Gasteiger partial charge in [-0.05, 0) is 35.2 Å². The molecule has 1 aliphatic rings. The van der Waals surface area contributed by atoms with Gasteiger partial charge in [0.25, 0.3) is 0 Å². The van der Waals surface area contributed by atoms with Gasteiger partial charge in [0.05, 0.1) is 12.2 Å². The molecule has 0 saturated carbocycles. The Morgan fingerprint density at radius 3 is 2.33 bits per heavy atom. The average Bonchev–Trinajstić information content (AvgIpc) is 2.78. The number of rotatable bonds is 5. The molecule has 5 nitrogen and oxygen atoms in total. The van der Waals surface area contributed by atoms with Crippen LogP contribution in [-0.4, -0.2) is 29.2 Å². The van der Waals surface area contributed by atoms with Crippen molar-refractivity contribution in [3.05, 3.63) is 89.0 Å². The number of ether oxygens (including phenoxy) is 1. The Kier molecular flexibility index (Phi) is 5.19. The number of benzene rings is 3. The van der Waals surface area contributed by atoms with Crippen LogP contribution in [-0.2, 0) is 9.53 Å². The Morgan fingerprint density at radius 1 is 0.900 bits per heavy atom. The molecule has 3 aromatic rings. The van der Waals surface area contributed by atoms with Gasteiger partial charge in [0.1, 0.15) is 5.76 Å². The van der Waals surface area contributed by atoms with Crippen molar-refractivity contribution >= 4 is 34.1 Å². The van der Waals surface area contributed by atoms with Crippen LogP contribution in [0.2, 0.25) is 0 Å². The SMILES string of the molecule is CC(COC(=O)c1ccc2ccccc2c1)CC1=C(O)c2ccccc2C(=O)C1=O. The zero-order valence-electron chi connectivity index (χ0n) is 16.4. The lowest BCUT2D eigenvalue weighted by Crippen LogP contribution is -2.26. The summed E-state index contributed by atoms with van der Waals surface area (Å²) in [7, 11) is 0. The van der Waals surface area contributed by atoms with Gasteiger partial charge in [0.2, 0.25) is 11.6 Å². The third-order valence-corrected chi connectivity index (χ3v) is 5.23. The van der Waals surface area contributed by atoms with Crippen LogP contribution in [0.15, 0.2) is 72.3 Å². The van der Waals surface area contributed by atoms with Crippen LogP contribution >= 0.6 is 0 Å². The lowest BCUT2D eigenvalue weighted by atomic mass is 9.85. The Hall–Kier alpha value is -3.73. The second-order valence-corrected chi connectivity index (χ2v) is 7.50. The predicted molar refractivity (Wildman–Crippen MR) is 113 cm³/mol. The molecule has 0 spiro atoms. The molecule has 1 atom stereocenters. The first kappa shape index (κ1) is 19.6. The minimum atomic E-state index is -0.709. The molecule has 0 radical (unpaired) electrons. The molecule has 1 N–H and O–H groups in total. The average molecular weight is 400 g/mol. The maximum atomic E-state index is 12.4. The number of carbonyl (C=O) groups excluding carboxylic acids is 3. The van der Waals surface area contributed by atoms with Gasteiger partial charge in [-0.15, -0.1) is 0 Å². The fraction of sp³-hybridized carbons (Fsp3) is 0.160. The molecule has 3 aromatic carbocycles. The van der Waals surface area contributed by atoms with Crippen LogP contribution in [0, 0.1) is 5.92 Å². The summed E-state index contributed by atoms with van der Waals surface area (Å²) < 4.78 is 5.41. The first-order valence-corrected chi connectivity index (χ1v) is 9.72. The second-order valence-electron chi connectivity index (χ2n) is 7.50. The second kappa shape index (κ2) is 7.95. The van der Waals surface area contributed by atoms with Crippen LogP contribution < -0.4 is 0 Å². The molecule has 1 aliphatic carbocycles. The minimum Gasteiger partial charge on any atom is -0.507 e. The molecular weight excluding hydrogens is 380 g/mol. The smallest absolute Gasteiger partial charge is 0.338 e. The van der Waals surface area contributed by atoms with Gasteiger partial charge in [0.15, 0.2) is 0 Å². The van der Waals surface area contributed by atoms with Gasteiger partial charge >= 0.3 is 5.97 Å². The summed E-state index contributed by atoms with van der Waals surface area (Å²) in [6.07, 6.45) is 0.135. The van der Waals surface area contributed by atoms with Gasteiger partial charge < -0.3 is 9.84 Å². The van der Waals surface area contributed by atoms with Gasteiger partial charge in [-0.1, -0.05) is 61.5 Å². The summed E-state index contributed by atoms with van der Waals surface area (Å²) in [5, 5.41) is 12.5. The topological polar surface area (TPSA) is 80.7 Å². The van der Waals surface area contributed by atoms with Crippen LogP contribution in [0.1, 0.15) is 39.6 Å². The van der Waals surface area contributed by atoms with Crippen molar-refractivity contribution in [1.82, 2.24) is 0 Å². The molecule has 30 heavy (non-hydrogen) atoms. The minimum absolute atomic E-state index is 0.0611. The van der Waals surface area contributed by atoms with Crippen LogP contribution in [0.5, 0.6) is 0 Å². The number of aliphatic hydroxyl groups excluding tert-OH is 1. The first-order chi connectivity index (χ1) is 14.5. The van der Waals surface area contributed by atoms with Gasteiger partial charge in [-0.25, -0.2) is 4.79 Å². The summed E-state index contributed by atoms with van der Waals surface area (Å²) in [6.45, 7) is 1.86. The van der Waals surface area contributed by atoms with E-state index in [9.17, 15) is 19.5 Å². The molecule has 5 heteroatoms. The monoisotopic (exact) mass is 400 g/mol. The van der Waals surface area contributed by atoms with Crippen molar-refractivity contribution in [1.29, 1.82) is 0 Å². The number of hydrogen-bond donors (Lipinski definition) is 1. The van der Waals surface area contributed by atoms with E-state index in [1.165, 1.54) is 6.07 Å². The van der Waals surface area contributed by atoms with Crippen molar-refractivity contribution < 1.29 is 24.2 Å². The van der Waals surface area contributed by atoms with Crippen molar-refractivity contribution in [3.63, 3.8) is 0 Å². The Labute approximate surface area is 173 Å². The molecule has 4 rings (SSSR count). The number of esters is 1. The summed E-state index contributed by atoms with van der Waals surface area (Å²) in [6, 6.07) is 19.6. The van der Waals surface area contributed by atoms with Gasteiger partial charge in [-0.2, -0.15) is 0 Å². The zero-order valence-corrected chi connectivity index (χ0v) is 16.4. The fourth-order valence-corrected chi connectivity index (χ4v) is 3.63. The number of carbonyl (C=O) groups is 3. The molecule has 0 amide bonds. The molecular formula is C25H20O5. The van der Waals surface area contributed by atoms with E-state index < -0.39 is 17.5 Å². The number of aliphatic hydroxyl groups is 1. The van der Waals surface area contributed by atoms with E-state index in [0.717, 1.165) is 10.8 Å². The highest BCUT2D eigenvalue weighted by Gasteiger charge is 2.33. The summed E-state index contributed by atoms with van der Waals surface area (Å²) in [5.41, 5.74) is 1.07. The van der Waals surface area contributed by atoms with Gasteiger partial charge in [-0.3, -0.25) is 9.59 Å². The van der Waals surface area contributed by atoms with E-state index in [4.69, 9.17) is 4.74 Å². The summed E-state index contributed by atoms with van der Waals surface area (Å²) >= 11 is 0. The largest absolute Gasteiger partial charge is 0.507 e. The van der Waals surface area contributed by atoms with Crippen molar-refractivity contribution in [2.75, 3.05) is 6.61 Å². The third-order valence-electron chi connectivity index (χ3n) is 5.23. The van der Waals surface area contributed by atoms with E-state index in [1.54, 1.807) is 37.3 Å². The van der Waals surface area contributed by atoms with Crippen molar-refractivity contribution in [3.8, 4) is 0 Å². The number of allylic oxidation sites excluding steroid dienone is 1. The van der Waals surface area contributed by atoms with E-state index in [2.05, 4.69) is 0 Å². The molecule has 1 unspecified atom stereocenters. The standard InChI is InChI=1S/C25H20O5/c1-15(12-21-22(26)19-8-4-5-9-20(19)23(27)24(21)28)14-30-25(29)18-11-10-16-6-2-3-7-17(16)13-18/h2-11,13,15,26H,12,14H2,1H3. The molecule has 0 aliphatic heterocycles. The lowest BCUT2D eigenvalue weighted by Gasteiger charge is -2.20. The molecule has 0 bridgehead atoms. The number of ketones is 2. The Balaban J connectivity index is 1.45. The Bertz CT molecular complexity index is 1200. The lowest BCUT2D eigenvalue weighted by molar-refractivity contribution is -0.112. The highest BCUT2D eigenvalue weighted by molar-refractivity contribution is 6.52. The highest BCUT2D eigenvalue weighted by atomic mass is 16.5. The van der Waals surface area contributed by atoms with Crippen LogP contribution in [0.25, 0.3) is 16.5 Å². The highest BCUT2D eigenvalue weighted by Crippen LogP contribution is 2.31. The summed E-state index contributed by atoms with van der Waals surface area (Å²) in [5.74, 6) is -2.23. The van der Waals surface area contributed by atoms with E-state index >= 15 is 0 Å². The maximum absolute atomic E-state index is 12.4. The first-order valence-electron chi connectivity index (χ1n) is 9.72. The molecule has 0 aromatic heterocycles. The van der Waals surface area contributed by atoms with Crippen LogP contribution in [0.4, 0.5) is 0 Å². The van der Waals surface area contributed by atoms with E-state index in [1.807, 2.05) is 30.3 Å². The van der Waals surface area contributed by atoms with Crippen LogP contribution in [0.3, 0.4) is 0 Å². The van der Waals surface area contributed by atoms with Crippen molar-refractivity contribution in [2.45, 2.75) is 13.3 Å². The number of Topliss-reactive ketones (excluding diaryl/α,β-unsaturated/α-hetero) is 2.